The number of hydrogen-bond acceptors (Lipinski definition) is 3. The van der Waals surface area contributed by atoms with Crippen molar-refractivity contribution < 1.29 is 9.90 Å². The van der Waals surface area contributed by atoms with Crippen LogP contribution in [-0.4, -0.2) is 59.6 Å². The normalized spacial score (nSPS) is 35.2. The molecule has 1 aliphatic heterocycles. The van der Waals surface area contributed by atoms with Crippen LogP contribution < -0.4 is 0 Å². The number of hydrogen-bond donors (Lipinski definition) is 1. The van der Waals surface area contributed by atoms with Crippen LogP contribution in [0.2, 0.25) is 0 Å². The molecule has 1 aliphatic carbocycles. The Balaban J connectivity index is 1.85. The van der Waals surface area contributed by atoms with E-state index >= 15 is 0 Å². The van der Waals surface area contributed by atoms with Crippen LogP contribution in [0.3, 0.4) is 0 Å². The fourth-order valence-corrected chi connectivity index (χ4v) is 3.70. The topological polar surface area (TPSA) is 43.8 Å². The minimum atomic E-state index is 0.165. The quantitative estimate of drug-likeness (QED) is 0.854. The summed E-state index contributed by atoms with van der Waals surface area (Å²) in [4.78, 5) is 16.6. The SMILES string of the molecule is CC1CCC(N(C)C(=O)CN2CCC(C)C2CO)CC1. The number of likely N-dealkylation sites (N-methyl/N-ethyl adjacent to an activating group) is 1. The highest BCUT2D eigenvalue weighted by molar-refractivity contribution is 5.78. The predicted octanol–water partition coefficient (Wildman–Crippen LogP) is 1.73. The molecule has 4 nitrogen and oxygen atoms in total. The van der Waals surface area contributed by atoms with Crippen molar-refractivity contribution >= 4 is 5.91 Å². The molecule has 0 radical (unpaired) electrons. The molecule has 2 rings (SSSR count). The summed E-state index contributed by atoms with van der Waals surface area (Å²) < 4.78 is 0. The molecule has 0 aromatic carbocycles. The average molecular weight is 282 g/mol. The highest BCUT2D eigenvalue weighted by Gasteiger charge is 2.33. The van der Waals surface area contributed by atoms with E-state index in [0.717, 1.165) is 31.7 Å². The smallest absolute Gasteiger partial charge is 0.236 e. The van der Waals surface area contributed by atoms with Gasteiger partial charge < -0.3 is 10.0 Å². The third-order valence-corrected chi connectivity index (χ3v) is 5.45. The van der Waals surface area contributed by atoms with Gasteiger partial charge in [-0.3, -0.25) is 9.69 Å². The Hall–Kier alpha value is -0.610. The predicted molar refractivity (Wildman–Crippen MR) is 80.4 cm³/mol. The monoisotopic (exact) mass is 282 g/mol. The van der Waals surface area contributed by atoms with Gasteiger partial charge >= 0.3 is 0 Å². The van der Waals surface area contributed by atoms with E-state index in [2.05, 4.69) is 18.7 Å². The lowest BCUT2D eigenvalue weighted by atomic mass is 9.87. The first kappa shape index (κ1) is 15.8. The number of likely N-dealkylation sites (tertiary alicyclic amines) is 1. The Morgan fingerprint density at radius 3 is 2.45 bits per heavy atom. The molecule has 1 heterocycles. The number of amides is 1. The minimum Gasteiger partial charge on any atom is -0.395 e. The first-order chi connectivity index (χ1) is 9.52. The Kier molecular flexibility index (Phi) is 5.44. The lowest BCUT2D eigenvalue weighted by Crippen LogP contribution is -2.47. The van der Waals surface area contributed by atoms with Gasteiger partial charge in [0.15, 0.2) is 0 Å². The van der Waals surface area contributed by atoms with E-state index < -0.39 is 0 Å². The summed E-state index contributed by atoms with van der Waals surface area (Å²) in [5, 5.41) is 9.47. The van der Waals surface area contributed by atoms with Crippen LogP contribution in [0.1, 0.15) is 46.0 Å². The summed E-state index contributed by atoms with van der Waals surface area (Å²) in [6.07, 6.45) is 5.85. The molecule has 20 heavy (non-hydrogen) atoms. The highest BCUT2D eigenvalue weighted by Crippen LogP contribution is 2.27. The van der Waals surface area contributed by atoms with E-state index in [1.807, 2.05) is 11.9 Å². The second kappa shape index (κ2) is 6.90. The summed E-state index contributed by atoms with van der Waals surface area (Å²) in [7, 11) is 1.95. The lowest BCUT2D eigenvalue weighted by molar-refractivity contribution is -0.134. The third kappa shape index (κ3) is 3.53. The minimum absolute atomic E-state index is 0.165. The largest absolute Gasteiger partial charge is 0.395 e. The molecule has 1 saturated carbocycles. The summed E-state index contributed by atoms with van der Waals surface area (Å²) in [6, 6.07) is 0.588. The van der Waals surface area contributed by atoms with Crippen LogP contribution >= 0.6 is 0 Å². The zero-order valence-corrected chi connectivity index (χ0v) is 13.2. The Labute approximate surface area is 123 Å². The van der Waals surface area contributed by atoms with E-state index in [1.54, 1.807) is 0 Å². The summed E-state index contributed by atoms with van der Waals surface area (Å²) in [5.74, 6) is 1.53. The zero-order valence-electron chi connectivity index (χ0n) is 13.2. The van der Waals surface area contributed by atoms with Crippen molar-refractivity contribution in [2.75, 3.05) is 26.7 Å². The van der Waals surface area contributed by atoms with Gasteiger partial charge in [-0.2, -0.15) is 0 Å². The number of aliphatic hydroxyl groups excluding tert-OH is 1. The van der Waals surface area contributed by atoms with Gasteiger partial charge in [0, 0.05) is 19.1 Å². The van der Waals surface area contributed by atoms with Gasteiger partial charge in [-0.05, 0) is 50.5 Å². The molecular weight excluding hydrogens is 252 g/mol. The van der Waals surface area contributed by atoms with Gasteiger partial charge in [0.25, 0.3) is 0 Å². The van der Waals surface area contributed by atoms with Crippen molar-refractivity contribution in [3.05, 3.63) is 0 Å². The molecule has 2 atom stereocenters. The van der Waals surface area contributed by atoms with E-state index in [0.29, 0.717) is 18.5 Å². The third-order valence-electron chi connectivity index (χ3n) is 5.45. The van der Waals surface area contributed by atoms with E-state index in [9.17, 15) is 9.90 Å². The molecule has 2 fully saturated rings. The molecule has 0 spiro atoms. The van der Waals surface area contributed by atoms with Crippen molar-refractivity contribution in [1.82, 2.24) is 9.80 Å². The molecule has 1 amide bonds. The zero-order chi connectivity index (χ0) is 14.7. The van der Waals surface area contributed by atoms with Crippen molar-refractivity contribution in [3.8, 4) is 0 Å². The lowest BCUT2D eigenvalue weighted by Gasteiger charge is -2.35. The number of nitrogens with zero attached hydrogens (tertiary/aromatic N) is 2. The molecule has 2 unspecified atom stereocenters. The fraction of sp³-hybridized carbons (Fsp3) is 0.938. The maximum atomic E-state index is 12.5. The number of carbonyl (C=O) groups is 1. The molecule has 116 valence electrons. The van der Waals surface area contributed by atoms with Gasteiger partial charge in [-0.25, -0.2) is 0 Å². The first-order valence-electron chi connectivity index (χ1n) is 8.13. The van der Waals surface area contributed by atoms with Gasteiger partial charge in [0.05, 0.1) is 13.2 Å². The van der Waals surface area contributed by atoms with E-state index in [4.69, 9.17) is 0 Å². The van der Waals surface area contributed by atoms with Crippen molar-refractivity contribution in [2.45, 2.75) is 58.0 Å². The summed E-state index contributed by atoms with van der Waals surface area (Å²) in [5.41, 5.74) is 0. The highest BCUT2D eigenvalue weighted by atomic mass is 16.3. The van der Waals surface area contributed by atoms with Crippen molar-refractivity contribution in [2.24, 2.45) is 11.8 Å². The van der Waals surface area contributed by atoms with Crippen LogP contribution in [0.4, 0.5) is 0 Å². The maximum Gasteiger partial charge on any atom is 0.236 e. The Morgan fingerprint density at radius 2 is 1.85 bits per heavy atom. The summed E-state index contributed by atoms with van der Waals surface area (Å²) >= 11 is 0. The van der Waals surface area contributed by atoms with E-state index in [-0.39, 0.29) is 18.6 Å². The molecule has 2 aliphatic rings. The molecule has 1 saturated heterocycles. The molecular formula is C16H30N2O2. The molecule has 0 aromatic rings. The van der Waals surface area contributed by atoms with Crippen LogP contribution in [0, 0.1) is 11.8 Å². The first-order valence-corrected chi connectivity index (χ1v) is 8.13. The molecule has 0 aromatic heterocycles. The van der Waals surface area contributed by atoms with Gasteiger partial charge in [-0.15, -0.1) is 0 Å². The Bertz CT molecular complexity index is 326. The van der Waals surface area contributed by atoms with Gasteiger partial charge in [-0.1, -0.05) is 13.8 Å². The van der Waals surface area contributed by atoms with Gasteiger partial charge in [0.2, 0.25) is 5.91 Å². The fourth-order valence-electron chi connectivity index (χ4n) is 3.70. The maximum absolute atomic E-state index is 12.5. The molecule has 4 heteroatoms. The van der Waals surface area contributed by atoms with Gasteiger partial charge in [0.1, 0.15) is 0 Å². The van der Waals surface area contributed by atoms with Crippen LogP contribution in [-0.2, 0) is 4.79 Å². The van der Waals surface area contributed by atoms with Crippen molar-refractivity contribution in [3.63, 3.8) is 0 Å². The van der Waals surface area contributed by atoms with E-state index in [1.165, 1.54) is 12.8 Å². The number of aliphatic hydroxyl groups is 1. The van der Waals surface area contributed by atoms with Crippen LogP contribution in [0.15, 0.2) is 0 Å². The Morgan fingerprint density at radius 1 is 1.20 bits per heavy atom. The second-order valence-corrected chi connectivity index (χ2v) is 6.90. The molecule has 1 N–H and O–H groups in total. The molecule has 0 bridgehead atoms. The number of rotatable bonds is 4. The second-order valence-electron chi connectivity index (χ2n) is 6.90. The van der Waals surface area contributed by atoms with Crippen molar-refractivity contribution in [1.29, 1.82) is 0 Å². The average Bonchev–Trinajstić information content (AvgIpc) is 2.79. The summed E-state index contributed by atoms with van der Waals surface area (Å²) in [6.45, 7) is 6.04. The van der Waals surface area contributed by atoms with Crippen LogP contribution in [0.5, 0.6) is 0 Å². The van der Waals surface area contributed by atoms with Crippen LogP contribution in [0.25, 0.3) is 0 Å². The number of carbonyl (C=O) groups excluding carboxylic acids is 1. The standard InChI is InChI=1S/C16H30N2O2/c1-12-4-6-14(7-5-12)17(3)16(20)10-18-9-8-13(2)15(18)11-19/h12-15,19H,4-11H2,1-3H3.